The Morgan fingerprint density at radius 2 is 0.531 bits per heavy atom. The number of rotatable bonds is 11. The fraction of sp³-hybridized carbons (Fsp3) is 0. The molecule has 15 aromatic carbocycles. The lowest BCUT2D eigenvalue weighted by Crippen LogP contribution is -2.64. The van der Waals surface area contributed by atoms with Crippen molar-refractivity contribution in [1.82, 2.24) is 4.57 Å². The van der Waals surface area contributed by atoms with E-state index in [9.17, 15) is 0 Å². The van der Waals surface area contributed by atoms with E-state index in [0.29, 0.717) is 0 Å². The molecule has 6 heteroatoms. The highest BCUT2D eigenvalue weighted by Crippen LogP contribution is 2.56. The summed E-state index contributed by atoms with van der Waals surface area (Å²) >= 11 is 0. The Labute approximate surface area is 559 Å². The van der Waals surface area contributed by atoms with Gasteiger partial charge in [0.25, 0.3) is 13.4 Å². The van der Waals surface area contributed by atoms with E-state index in [0.717, 1.165) is 50.8 Å². The average molecular weight is 1220 g/mol. The van der Waals surface area contributed by atoms with E-state index >= 15 is 0 Å². The third kappa shape index (κ3) is 8.12. The molecule has 0 radical (unpaired) electrons. The lowest BCUT2D eigenvalue weighted by Gasteiger charge is -2.48. The Hall–Kier alpha value is -12.4. The first-order chi connectivity index (χ1) is 47.7. The average Bonchev–Trinajstić information content (AvgIpc) is 1.39. The van der Waals surface area contributed by atoms with Crippen molar-refractivity contribution < 1.29 is 0 Å². The maximum atomic E-state index is 2.78. The van der Waals surface area contributed by atoms with Gasteiger partial charge in [-0.1, -0.05) is 266 Å². The molecular weight excluding hydrogens is 1160 g/mol. The second kappa shape index (κ2) is 21.6. The molecule has 20 rings (SSSR count). The molecule has 0 fully saturated rings. The molecule has 0 saturated heterocycles. The Balaban J connectivity index is 1.07. The van der Waals surface area contributed by atoms with Crippen molar-refractivity contribution >= 4 is 119 Å². The number of benzene rings is 15. The number of anilines is 9. The van der Waals surface area contributed by atoms with Crippen molar-refractivity contribution in [1.29, 1.82) is 0 Å². The molecule has 0 aliphatic carbocycles. The second-order valence-electron chi connectivity index (χ2n) is 25.8. The fourth-order valence-corrected chi connectivity index (χ4v) is 16.8. The van der Waals surface area contributed by atoms with Crippen LogP contribution in [0.1, 0.15) is 0 Å². The van der Waals surface area contributed by atoms with Gasteiger partial charge in [0.15, 0.2) is 0 Å². The summed E-state index contributed by atoms with van der Waals surface area (Å²) in [6, 6.07) is 132. The van der Waals surface area contributed by atoms with E-state index in [4.69, 9.17) is 0 Å². The highest BCUT2D eigenvalue weighted by Gasteiger charge is 2.55. The van der Waals surface area contributed by atoms with Crippen LogP contribution in [0.25, 0.3) is 94.3 Å². The minimum absolute atomic E-state index is 0.267. The molecule has 0 saturated carbocycles. The van der Waals surface area contributed by atoms with Gasteiger partial charge in [0.05, 0.1) is 28.1 Å². The minimum atomic E-state index is -0.267. The first-order valence-corrected chi connectivity index (χ1v) is 33.4. The molecule has 4 nitrogen and oxygen atoms in total. The second-order valence-corrected chi connectivity index (χ2v) is 25.8. The van der Waals surface area contributed by atoms with Crippen LogP contribution in [0.4, 0.5) is 51.2 Å². The van der Waals surface area contributed by atoms with Gasteiger partial charge in [-0.15, -0.1) is 0 Å². The quantitative estimate of drug-likeness (QED) is 0.120. The molecule has 444 valence electrons. The first kappa shape index (κ1) is 54.2. The van der Waals surface area contributed by atoms with Crippen LogP contribution in [0, 0.1) is 0 Å². The number of fused-ring (bicyclic) bond motifs is 13. The number of para-hydroxylation sites is 6. The van der Waals surface area contributed by atoms with Gasteiger partial charge in [-0.25, -0.2) is 0 Å². The van der Waals surface area contributed by atoms with Crippen LogP contribution in [-0.4, -0.2) is 18.0 Å². The van der Waals surface area contributed by atoms with Gasteiger partial charge in [-0.05, 0) is 186 Å². The summed E-state index contributed by atoms with van der Waals surface area (Å²) in [6.45, 7) is -0.533. The summed E-state index contributed by atoms with van der Waals surface area (Å²) < 4.78 is 2.67. The highest BCUT2D eigenvalue weighted by molar-refractivity contribution is 7.06. The maximum absolute atomic E-state index is 2.78. The van der Waals surface area contributed by atoms with Gasteiger partial charge >= 0.3 is 0 Å². The molecule has 0 unspecified atom stereocenters. The smallest absolute Gasteiger partial charge is 0.251 e. The molecule has 96 heavy (non-hydrogen) atoms. The van der Waals surface area contributed by atoms with Gasteiger partial charge in [-0.3, -0.25) is 0 Å². The third-order valence-corrected chi connectivity index (χ3v) is 20.7. The Morgan fingerprint density at radius 1 is 0.229 bits per heavy atom. The van der Waals surface area contributed by atoms with Crippen molar-refractivity contribution in [3.05, 3.63) is 352 Å². The van der Waals surface area contributed by atoms with E-state index in [1.165, 1.54) is 127 Å². The topological polar surface area (TPSA) is 14.7 Å². The van der Waals surface area contributed by atoms with E-state index in [2.05, 4.69) is 371 Å². The van der Waals surface area contributed by atoms with Crippen LogP contribution < -0.4 is 47.5 Å². The molecule has 0 N–H and O–H groups in total. The van der Waals surface area contributed by atoms with Crippen LogP contribution in [0.2, 0.25) is 0 Å². The largest absolute Gasteiger partial charge is 0.312 e. The van der Waals surface area contributed by atoms with Crippen molar-refractivity contribution in [2.24, 2.45) is 0 Å². The predicted octanol–water partition coefficient (Wildman–Crippen LogP) is 19.5. The Bertz CT molecular complexity index is 5340. The van der Waals surface area contributed by atoms with Gasteiger partial charge in [0.2, 0.25) is 0 Å². The molecule has 1 aromatic heterocycles. The van der Waals surface area contributed by atoms with E-state index < -0.39 is 0 Å². The molecule has 4 aliphatic heterocycles. The summed E-state index contributed by atoms with van der Waals surface area (Å²) in [7, 11) is 0. The van der Waals surface area contributed by atoms with Gasteiger partial charge in [-0.2, -0.15) is 0 Å². The molecule has 16 aromatic rings. The number of nitrogens with zero attached hydrogens (tertiary/aromatic N) is 4. The molecule has 5 heterocycles. The summed E-state index contributed by atoms with van der Waals surface area (Å²) in [5.74, 6) is 0. The molecule has 0 atom stereocenters. The van der Waals surface area contributed by atoms with E-state index in [-0.39, 0.29) is 13.4 Å². The van der Waals surface area contributed by atoms with Crippen molar-refractivity contribution in [3.8, 4) is 72.4 Å². The maximum Gasteiger partial charge on any atom is 0.251 e. The third-order valence-electron chi connectivity index (χ3n) is 20.7. The molecular formula is C90H58B2N4. The summed E-state index contributed by atoms with van der Waals surface area (Å²) in [4.78, 5) is 8.03. The van der Waals surface area contributed by atoms with E-state index in [1.807, 2.05) is 0 Å². The first-order valence-electron chi connectivity index (χ1n) is 33.4. The Morgan fingerprint density at radius 3 is 0.885 bits per heavy atom. The highest BCUT2D eigenvalue weighted by atomic mass is 15.2. The molecule has 0 bridgehead atoms. The van der Waals surface area contributed by atoms with E-state index in [1.54, 1.807) is 0 Å². The zero-order chi connectivity index (χ0) is 63.0. The number of aromatic nitrogens is 1. The van der Waals surface area contributed by atoms with Gasteiger partial charge in [0.1, 0.15) is 0 Å². The molecule has 0 spiro atoms. The number of hydrogen-bond donors (Lipinski definition) is 0. The SMILES string of the molecule is c1ccc(-c2ccc3c(c2)-c2cc(-c4ccccc4)cc4c2B3c2c3c(c(N(c5ccccc5)c5ccccc5)c(-n5c6ccccc6c6ccccc65)c2N(c2ccccc2)c2ccccc2)B2c5ccc(-c6ccccc6)cc5-c5cc(-c6ccccc6)cc(c52)N43)cc1. The Kier molecular flexibility index (Phi) is 12.2. The predicted molar refractivity (Wildman–Crippen MR) is 407 cm³/mol. The van der Waals surface area contributed by atoms with Gasteiger partial charge < -0.3 is 19.3 Å². The lowest BCUT2D eigenvalue weighted by molar-refractivity contribution is 1.13. The zero-order valence-corrected chi connectivity index (χ0v) is 52.4. The van der Waals surface area contributed by atoms with Crippen LogP contribution in [0.15, 0.2) is 352 Å². The van der Waals surface area contributed by atoms with Crippen LogP contribution >= 0.6 is 0 Å². The van der Waals surface area contributed by atoms with Crippen molar-refractivity contribution in [3.63, 3.8) is 0 Å². The minimum Gasteiger partial charge on any atom is -0.312 e. The fourth-order valence-electron chi connectivity index (χ4n) is 16.8. The summed E-state index contributed by atoms with van der Waals surface area (Å²) in [5.41, 5.74) is 35.5. The monoisotopic (exact) mass is 1220 g/mol. The molecule has 4 aliphatic rings. The van der Waals surface area contributed by atoms with Crippen molar-refractivity contribution in [2.75, 3.05) is 14.7 Å². The normalized spacial score (nSPS) is 12.5. The number of hydrogen-bond acceptors (Lipinski definition) is 3. The lowest BCUT2D eigenvalue weighted by atomic mass is 9.31. The molecule has 0 amide bonds. The van der Waals surface area contributed by atoms with Crippen LogP contribution in [0.3, 0.4) is 0 Å². The van der Waals surface area contributed by atoms with Gasteiger partial charge in [0, 0.05) is 50.6 Å². The van der Waals surface area contributed by atoms with Crippen LogP contribution in [0.5, 0.6) is 0 Å². The zero-order valence-electron chi connectivity index (χ0n) is 52.4. The summed E-state index contributed by atoms with van der Waals surface area (Å²) in [5, 5.41) is 2.38. The van der Waals surface area contributed by atoms with Crippen molar-refractivity contribution in [2.45, 2.75) is 0 Å². The van der Waals surface area contributed by atoms with Crippen LogP contribution in [-0.2, 0) is 0 Å². The standard InChI is InChI=1S/C90H58B2N4/c1-9-29-59(30-10-1)63-49-51-77-73(53-63)75-55-65(61-33-13-3-14-34-61)57-81-83(75)91(77)85-87-86(92-78-52-50-64(60-31-11-2-12-32-60)54-74(78)76-56-66(62-35-15-4-16-36-62)58-82(84(76)92)96(81)87)89(94(69-41-21-7-22-42-69)70-43-23-8-24-44-70)90(95-79-47-27-25-45-71(79)72-46-26-28-48-80(72)95)88(85)93(67-37-17-5-18-38-67)68-39-19-6-20-40-68/h1-58H. The summed E-state index contributed by atoms with van der Waals surface area (Å²) in [6.07, 6.45) is 0.